The summed E-state index contributed by atoms with van der Waals surface area (Å²) in [5.74, 6) is -13.6. The Kier molecular flexibility index (Phi) is 5.62. The first kappa shape index (κ1) is 19.8. The number of hydrogen-bond acceptors (Lipinski definition) is 4. The molecule has 0 aliphatic heterocycles. The molecule has 2 rings (SSSR count). The van der Waals surface area contributed by atoms with Gasteiger partial charge in [0.1, 0.15) is 6.04 Å². The van der Waals surface area contributed by atoms with Gasteiger partial charge in [-0.05, 0) is 5.56 Å². The lowest BCUT2D eigenvalue weighted by molar-refractivity contribution is -0.142. The summed E-state index contributed by atoms with van der Waals surface area (Å²) in [7, 11) is -4.41. The Morgan fingerprint density at radius 3 is 1.85 bits per heavy atom. The molecule has 11 heteroatoms. The van der Waals surface area contributed by atoms with Gasteiger partial charge in [-0.1, -0.05) is 30.3 Å². The molecule has 0 saturated carbocycles. The van der Waals surface area contributed by atoms with Crippen LogP contribution in [0.4, 0.5) is 22.0 Å². The highest BCUT2D eigenvalue weighted by molar-refractivity contribution is 7.89. The van der Waals surface area contributed by atoms with Gasteiger partial charge < -0.3 is 4.74 Å². The largest absolute Gasteiger partial charge is 0.468 e. The van der Waals surface area contributed by atoms with Crippen LogP contribution in [-0.2, 0) is 19.6 Å². The molecule has 2 aromatic rings. The van der Waals surface area contributed by atoms with E-state index < -0.39 is 56.0 Å². The fourth-order valence-electron chi connectivity index (χ4n) is 2.05. The number of sulfonamides is 1. The maximum Gasteiger partial charge on any atom is 0.328 e. The van der Waals surface area contributed by atoms with Gasteiger partial charge >= 0.3 is 5.97 Å². The van der Waals surface area contributed by atoms with Gasteiger partial charge in [0.2, 0.25) is 15.8 Å². The molecule has 0 fully saturated rings. The van der Waals surface area contributed by atoms with Gasteiger partial charge in [0.25, 0.3) is 0 Å². The average molecular weight is 395 g/mol. The first-order chi connectivity index (χ1) is 12.1. The zero-order chi connectivity index (χ0) is 19.6. The zero-order valence-electron chi connectivity index (χ0n) is 12.9. The molecule has 0 radical (unpaired) electrons. The minimum absolute atomic E-state index is 0.0202. The van der Waals surface area contributed by atoms with Crippen LogP contribution in [0.15, 0.2) is 35.2 Å². The van der Waals surface area contributed by atoms with E-state index in [1.807, 2.05) is 0 Å². The first-order valence-electron chi connectivity index (χ1n) is 6.78. The third-order valence-corrected chi connectivity index (χ3v) is 4.72. The van der Waals surface area contributed by atoms with Crippen LogP contribution >= 0.6 is 0 Å². The van der Waals surface area contributed by atoms with Crippen molar-refractivity contribution in [2.24, 2.45) is 0 Å². The average Bonchev–Trinajstić information content (AvgIpc) is 2.63. The van der Waals surface area contributed by atoms with Crippen LogP contribution < -0.4 is 4.72 Å². The predicted molar refractivity (Wildman–Crippen MR) is 77.8 cm³/mol. The van der Waals surface area contributed by atoms with E-state index in [2.05, 4.69) is 4.74 Å². The molecule has 0 amide bonds. The van der Waals surface area contributed by atoms with Crippen molar-refractivity contribution in [3.05, 3.63) is 65.0 Å². The fourth-order valence-corrected chi connectivity index (χ4v) is 3.36. The molecule has 0 aromatic heterocycles. The Morgan fingerprint density at radius 1 is 0.923 bits per heavy atom. The molecule has 0 aliphatic rings. The van der Waals surface area contributed by atoms with Crippen LogP contribution in [0.5, 0.6) is 0 Å². The van der Waals surface area contributed by atoms with E-state index >= 15 is 0 Å². The molecule has 0 heterocycles. The monoisotopic (exact) mass is 395 g/mol. The van der Waals surface area contributed by atoms with Crippen LogP contribution in [0.3, 0.4) is 0 Å². The maximum atomic E-state index is 13.8. The molecule has 140 valence electrons. The minimum atomic E-state index is -5.33. The number of carbonyl (C=O) groups is 1. The van der Waals surface area contributed by atoms with Crippen LogP contribution in [0.2, 0.25) is 0 Å². The van der Waals surface area contributed by atoms with E-state index in [0.717, 1.165) is 7.11 Å². The maximum absolute atomic E-state index is 13.8. The number of benzene rings is 2. The minimum Gasteiger partial charge on any atom is -0.468 e. The second-order valence-electron chi connectivity index (χ2n) is 4.89. The van der Waals surface area contributed by atoms with Crippen molar-refractivity contribution in [2.45, 2.75) is 10.9 Å². The molecular formula is C15H10F5NO4S. The molecular weight excluding hydrogens is 385 g/mol. The van der Waals surface area contributed by atoms with Crippen molar-refractivity contribution in [3.63, 3.8) is 0 Å². The Labute approximate surface area is 144 Å². The molecule has 0 aliphatic carbocycles. The highest BCUT2D eigenvalue weighted by Gasteiger charge is 2.36. The van der Waals surface area contributed by atoms with E-state index in [-0.39, 0.29) is 5.56 Å². The van der Waals surface area contributed by atoms with Gasteiger partial charge in [-0.3, -0.25) is 0 Å². The molecule has 0 unspecified atom stereocenters. The van der Waals surface area contributed by atoms with E-state index in [1.54, 1.807) is 4.72 Å². The zero-order valence-corrected chi connectivity index (χ0v) is 13.7. The van der Waals surface area contributed by atoms with Crippen LogP contribution in [0.25, 0.3) is 0 Å². The topological polar surface area (TPSA) is 72.5 Å². The number of methoxy groups -OCH3 is 1. The molecule has 1 atom stereocenters. The van der Waals surface area contributed by atoms with E-state index in [9.17, 15) is 35.2 Å². The lowest BCUT2D eigenvalue weighted by Gasteiger charge is -2.18. The molecule has 26 heavy (non-hydrogen) atoms. The summed E-state index contributed by atoms with van der Waals surface area (Å²) in [4.78, 5) is 9.74. The van der Waals surface area contributed by atoms with Crippen LogP contribution in [-0.4, -0.2) is 21.5 Å². The van der Waals surface area contributed by atoms with Gasteiger partial charge in [-0.15, -0.1) is 0 Å². The predicted octanol–water partition coefficient (Wildman–Crippen LogP) is 2.57. The lowest BCUT2D eigenvalue weighted by Crippen LogP contribution is -2.36. The third kappa shape index (κ3) is 3.53. The molecule has 2 aromatic carbocycles. The Bertz CT molecular complexity index is 921. The van der Waals surface area contributed by atoms with Crippen molar-refractivity contribution in [3.8, 4) is 0 Å². The first-order valence-corrected chi connectivity index (χ1v) is 8.26. The summed E-state index contributed by atoms with van der Waals surface area (Å²) in [5, 5.41) is 0. The van der Waals surface area contributed by atoms with Crippen LogP contribution in [0, 0.1) is 29.1 Å². The van der Waals surface area contributed by atoms with Crippen molar-refractivity contribution < 1.29 is 39.9 Å². The third-order valence-electron chi connectivity index (χ3n) is 3.28. The van der Waals surface area contributed by atoms with E-state index in [1.165, 1.54) is 30.3 Å². The molecule has 0 bridgehead atoms. The molecule has 0 saturated heterocycles. The van der Waals surface area contributed by atoms with Gasteiger partial charge in [-0.2, -0.15) is 4.72 Å². The summed E-state index contributed by atoms with van der Waals surface area (Å²) in [6, 6.07) is 5.21. The summed E-state index contributed by atoms with van der Waals surface area (Å²) >= 11 is 0. The number of carbonyl (C=O) groups excluding carboxylic acids is 1. The second-order valence-corrected chi connectivity index (χ2v) is 6.54. The number of halogens is 5. The van der Waals surface area contributed by atoms with Crippen molar-refractivity contribution in [1.82, 2.24) is 4.72 Å². The summed E-state index contributed by atoms with van der Waals surface area (Å²) in [5.41, 5.74) is 0.0202. The molecule has 5 nitrogen and oxygen atoms in total. The second kappa shape index (κ2) is 7.38. The van der Waals surface area contributed by atoms with Crippen molar-refractivity contribution in [2.75, 3.05) is 7.11 Å². The highest BCUT2D eigenvalue weighted by Crippen LogP contribution is 2.28. The fraction of sp³-hybridized carbons (Fsp3) is 0.133. The van der Waals surface area contributed by atoms with E-state index in [4.69, 9.17) is 0 Å². The molecule has 0 spiro atoms. The Morgan fingerprint density at radius 2 is 1.38 bits per heavy atom. The number of ether oxygens (including phenoxy) is 1. The molecule has 1 N–H and O–H groups in total. The standard InChI is InChI=1S/C15H10F5NO4S/c1-25-15(22)13(7-5-3-2-4-6-7)21-26(23,24)14-11(19)9(17)8(16)10(18)12(14)20/h2-6,13,21H,1H3/t13-/m0/s1. The normalized spacial score (nSPS) is 12.7. The van der Waals surface area contributed by atoms with Gasteiger partial charge in [0, 0.05) is 0 Å². The smallest absolute Gasteiger partial charge is 0.328 e. The van der Waals surface area contributed by atoms with Crippen molar-refractivity contribution in [1.29, 1.82) is 0 Å². The number of nitrogens with one attached hydrogen (secondary N) is 1. The van der Waals surface area contributed by atoms with E-state index in [0.29, 0.717) is 0 Å². The van der Waals surface area contributed by atoms with Crippen LogP contribution in [0.1, 0.15) is 11.6 Å². The van der Waals surface area contributed by atoms with Gasteiger partial charge in [-0.25, -0.2) is 35.2 Å². The lowest BCUT2D eigenvalue weighted by atomic mass is 10.1. The van der Waals surface area contributed by atoms with Crippen molar-refractivity contribution >= 4 is 16.0 Å². The SMILES string of the molecule is COC(=O)[C@@H](NS(=O)(=O)c1c(F)c(F)c(F)c(F)c1F)c1ccccc1. The Balaban J connectivity index is 2.59. The summed E-state index contributed by atoms with van der Waals surface area (Å²) < 4.78 is 97.7. The summed E-state index contributed by atoms with van der Waals surface area (Å²) in [6.07, 6.45) is 0. The van der Waals surface area contributed by atoms with Gasteiger partial charge in [0.05, 0.1) is 7.11 Å². The highest BCUT2D eigenvalue weighted by atomic mass is 32.2. The number of hydrogen-bond donors (Lipinski definition) is 1. The summed E-state index contributed by atoms with van der Waals surface area (Å²) in [6.45, 7) is 0. The number of esters is 1. The quantitative estimate of drug-likeness (QED) is 0.366. The Hall–Kier alpha value is -2.53. The number of rotatable bonds is 5. The van der Waals surface area contributed by atoms with Gasteiger partial charge in [0.15, 0.2) is 28.2 Å².